The summed E-state index contributed by atoms with van der Waals surface area (Å²) in [6.45, 7) is 3.10. The van der Waals surface area contributed by atoms with Gasteiger partial charge in [-0.3, -0.25) is 0 Å². The first-order valence-electron chi connectivity index (χ1n) is 6.76. The molecule has 1 aliphatic rings. The number of sulfonamides is 1. The zero-order valence-electron chi connectivity index (χ0n) is 11.3. The van der Waals surface area contributed by atoms with Gasteiger partial charge in [0, 0.05) is 12.6 Å². The largest absolute Gasteiger partial charge is 0.330 e. The Hall–Kier alpha value is -0.910. The van der Waals surface area contributed by atoms with Gasteiger partial charge in [0.25, 0.3) is 0 Å². The Kier molecular flexibility index (Phi) is 4.60. The Balaban J connectivity index is 2.14. The van der Waals surface area contributed by atoms with Crippen molar-refractivity contribution in [3.05, 3.63) is 35.9 Å². The summed E-state index contributed by atoms with van der Waals surface area (Å²) < 4.78 is 26.7. The van der Waals surface area contributed by atoms with Crippen molar-refractivity contribution >= 4 is 10.0 Å². The van der Waals surface area contributed by atoms with Gasteiger partial charge in [-0.1, -0.05) is 30.3 Å². The van der Waals surface area contributed by atoms with E-state index in [2.05, 4.69) is 0 Å². The first-order valence-corrected chi connectivity index (χ1v) is 8.37. The number of hydrogen-bond donors (Lipinski definition) is 1. The Bertz CT molecular complexity index is 501. The second-order valence-corrected chi connectivity index (χ2v) is 7.26. The maximum absolute atomic E-state index is 12.5. The maximum atomic E-state index is 12.5. The number of nitrogens with two attached hydrogens (primary N) is 1. The third-order valence-corrected chi connectivity index (χ3v) is 5.73. The molecule has 0 aliphatic carbocycles. The first kappa shape index (κ1) is 14.5. The average Bonchev–Trinajstić information content (AvgIpc) is 2.39. The van der Waals surface area contributed by atoms with Gasteiger partial charge < -0.3 is 5.73 Å². The van der Waals surface area contributed by atoms with Crippen LogP contribution in [0.1, 0.15) is 25.3 Å². The first-order chi connectivity index (χ1) is 9.03. The number of piperidine rings is 1. The Morgan fingerprint density at radius 1 is 1.26 bits per heavy atom. The molecule has 0 aromatic heterocycles. The molecule has 0 radical (unpaired) electrons. The summed E-state index contributed by atoms with van der Waals surface area (Å²) in [5.74, 6) is 0.372. The molecular formula is C14H22N2O2S. The van der Waals surface area contributed by atoms with E-state index in [0.717, 1.165) is 18.4 Å². The number of benzene rings is 1. The average molecular weight is 282 g/mol. The van der Waals surface area contributed by atoms with E-state index in [1.54, 1.807) is 4.31 Å². The molecule has 5 heteroatoms. The molecule has 1 heterocycles. The van der Waals surface area contributed by atoms with Crippen molar-refractivity contribution in [2.45, 2.75) is 31.6 Å². The minimum atomic E-state index is -3.25. The predicted molar refractivity (Wildman–Crippen MR) is 77.0 cm³/mol. The van der Waals surface area contributed by atoms with E-state index in [-0.39, 0.29) is 11.8 Å². The SMILES string of the molecule is CC1CCC(CN)CN1S(=O)(=O)Cc1ccccc1. The summed E-state index contributed by atoms with van der Waals surface area (Å²) in [6, 6.07) is 9.42. The molecule has 0 spiro atoms. The minimum Gasteiger partial charge on any atom is -0.330 e. The van der Waals surface area contributed by atoms with Crippen LogP contribution in [0.5, 0.6) is 0 Å². The van der Waals surface area contributed by atoms with Crippen molar-refractivity contribution in [3.63, 3.8) is 0 Å². The van der Waals surface area contributed by atoms with E-state index in [4.69, 9.17) is 5.73 Å². The Labute approximate surface area is 115 Å². The lowest BCUT2D eigenvalue weighted by molar-refractivity contribution is 0.211. The third kappa shape index (κ3) is 3.55. The normalized spacial score (nSPS) is 25.4. The zero-order valence-corrected chi connectivity index (χ0v) is 12.1. The van der Waals surface area contributed by atoms with Crippen LogP contribution in [0.25, 0.3) is 0 Å². The molecule has 19 heavy (non-hydrogen) atoms. The smallest absolute Gasteiger partial charge is 0.218 e. The number of hydrogen-bond acceptors (Lipinski definition) is 3. The molecule has 2 N–H and O–H groups in total. The van der Waals surface area contributed by atoms with Crippen LogP contribution in [0.15, 0.2) is 30.3 Å². The fourth-order valence-electron chi connectivity index (χ4n) is 2.59. The van der Waals surface area contributed by atoms with E-state index in [1.807, 2.05) is 37.3 Å². The van der Waals surface area contributed by atoms with Gasteiger partial charge in [0.1, 0.15) is 0 Å². The molecule has 1 fully saturated rings. The van der Waals surface area contributed by atoms with Gasteiger partial charge in [-0.05, 0) is 37.8 Å². The maximum Gasteiger partial charge on any atom is 0.218 e. The van der Waals surface area contributed by atoms with Gasteiger partial charge in [0.05, 0.1) is 5.75 Å². The van der Waals surface area contributed by atoms with Crippen LogP contribution < -0.4 is 5.73 Å². The summed E-state index contributed by atoms with van der Waals surface area (Å²) in [5, 5.41) is 0. The lowest BCUT2D eigenvalue weighted by Gasteiger charge is -2.36. The molecule has 106 valence electrons. The molecule has 0 saturated carbocycles. The lowest BCUT2D eigenvalue weighted by Crippen LogP contribution is -2.47. The highest BCUT2D eigenvalue weighted by Crippen LogP contribution is 2.25. The zero-order chi connectivity index (χ0) is 13.9. The quantitative estimate of drug-likeness (QED) is 0.912. The Morgan fingerprint density at radius 3 is 2.58 bits per heavy atom. The molecule has 1 aromatic rings. The molecule has 4 nitrogen and oxygen atoms in total. The molecule has 0 bridgehead atoms. The molecular weight excluding hydrogens is 260 g/mol. The minimum absolute atomic E-state index is 0.0788. The standard InChI is InChI=1S/C14H22N2O2S/c1-12-7-8-14(9-15)10-16(12)19(17,18)11-13-5-3-2-4-6-13/h2-6,12,14H,7-11,15H2,1H3. The van der Waals surface area contributed by atoms with Gasteiger partial charge in [0.2, 0.25) is 10.0 Å². The van der Waals surface area contributed by atoms with Crippen LogP contribution in [0.4, 0.5) is 0 Å². The second kappa shape index (κ2) is 6.03. The topological polar surface area (TPSA) is 63.4 Å². The van der Waals surface area contributed by atoms with Crippen LogP contribution in [0, 0.1) is 5.92 Å². The summed E-state index contributed by atoms with van der Waals surface area (Å²) in [6.07, 6.45) is 1.92. The molecule has 1 aromatic carbocycles. The van der Waals surface area contributed by atoms with Gasteiger partial charge in [-0.2, -0.15) is 4.31 Å². The van der Waals surface area contributed by atoms with Crippen LogP contribution in [0.3, 0.4) is 0 Å². The fraction of sp³-hybridized carbons (Fsp3) is 0.571. The van der Waals surface area contributed by atoms with Crippen molar-refractivity contribution in [3.8, 4) is 0 Å². The van der Waals surface area contributed by atoms with Crippen molar-refractivity contribution in [1.82, 2.24) is 4.31 Å². The second-order valence-electron chi connectivity index (χ2n) is 5.34. The van der Waals surface area contributed by atoms with Crippen LogP contribution in [-0.4, -0.2) is 31.9 Å². The molecule has 2 unspecified atom stereocenters. The van der Waals surface area contributed by atoms with Gasteiger partial charge >= 0.3 is 0 Å². The van der Waals surface area contributed by atoms with E-state index in [1.165, 1.54) is 0 Å². The van der Waals surface area contributed by atoms with Crippen molar-refractivity contribution in [2.24, 2.45) is 11.7 Å². The highest BCUT2D eigenvalue weighted by atomic mass is 32.2. The molecule has 1 saturated heterocycles. The third-order valence-electron chi connectivity index (χ3n) is 3.80. The summed E-state index contributed by atoms with van der Waals surface area (Å²) in [5.41, 5.74) is 6.52. The van der Waals surface area contributed by atoms with Crippen molar-refractivity contribution in [2.75, 3.05) is 13.1 Å². The van der Waals surface area contributed by atoms with E-state index < -0.39 is 10.0 Å². The van der Waals surface area contributed by atoms with E-state index in [9.17, 15) is 8.42 Å². The molecule has 0 amide bonds. The van der Waals surface area contributed by atoms with Crippen LogP contribution in [0.2, 0.25) is 0 Å². The molecule has 1 aliphatic heterocycles. The highest BCUT2D eigenvalue weighted by Gasteiger charge is 2.33. The highest BCUT2D eigenvalue weighted by molar-refractivity contribution is 7.88. The summed E-state index contributed by atoms with van der Waals surface area (Å²) in [7, 11) is -3.25. The van der Waals surface area contributed by atoms with Crippen LogP contribution >= 0.6 is 0 Å². The molecule has 2 atom stereocenters. The lowest BCUT2D eigenvalue weighted by atomic mass is 9.96. The number of nitrogens with zero attached hydrogens (tertiary/aromatic N) is 1. The van der Waals surface area contributed by atoms with Crippen molar-refractivity contribution < 1.29 is 8.42 Å². The Morgan fingerprint density at radius 2 is 1.95 bits per heavy atom. The fourth-order valence-corrected chi connectivity index (χ4v) is 4.47. The van der Waals surface area contributed by atoms with Gasteiger partial charge in [0.15, 0.2) is 0 Å². The molecule has 2 rings (SSSR count). The van der Waals surface area contributed by atoms with Gasteiger partial charge in [-0.15, -0.1) is 0 Å². The summed E-state index contributed by atoms with van der Waals surface area (Å²) >= 11 is 0. The van der Waals surface area contributed by atoms with E-state index in [0.29, 0.717) is 19.0 Å². The monoisotopic (exact) mass is 282 g/mol. The van der Waals surface area contributed by atoms with Crippen molar-refractivity contribution in [1.29, 1.82) is 0 Å². The van der Waals surface area contributed by atoms with Gasteiger partial charge in [-0.25, -0.2) is 8.42 Å². The summed E-state index contributed by atoms with van der Waals surface area (Å²) in [4.78, 5) is 0. The van der Waals surface area contributed by atoms with Crippen LogP contribution in [-0.2, 0) is 15.8 Å². The predicted octanol–water partition coefficient (Wildman–Crippen LogP) is 1.58. The van der Waals surface area contributed by atoms with E-state index >= 15 is 0 Å². The number of rotatable bonds is 4.